The van der Waals surface area contributed by atoms with Crippen molar-refractivity contribution in [1.82, 2.24) is 35.0 Å². The monoisotopic (exact) mass is 402 g/mol. The third-order valence-corrected chi connectivity index (χ3v) is 4.85. The summed E-state index contributed by atoms with van der Waals surface area (Å²) in [7, 11) is 1.71. The molecule has 1 saturated heterocycles. The van der Waals surface area contributed by atoms with Crippen LogP contribution in [0.25, 0.3) is 22.6 Å². The van der Waals surface area contributed by atoms with Gasteiger partial charge in [0.25, 0.3) is 5.91 Å². The summed E-state index contributed by atoms with van der Waals surface area (Å²) in [6.07, 6.45) is -1.84. The molecule has 0 saturated carbocycles. The van der Waals surface area contributed by atoms with Gasteiger partial charge in [-0.15, -0.1) is 0 Å². The highest BCUT2D eigenvalue weighted by Crippen LogP contribution is 2.33. The Bertz CT molecular complexity index is 1050. The van der Waals surface area contributed by atoms with E-state index in [9.17, 15) is 15.0 Å². The van der Waals surface area contributed by atoms with E-state index in [2.05, 4.69) is 35.8 Å². The van der Waals surface area contributed by atoms with Gasteiger partial charge in [0, 0.05) is 19.8 Å². The van der Waals surface area contributed by atoms with Gasteiger partial charge < -0.3 is 25.6 Å². The highest BCUT2D eigenvalue weighted by molar-refractivity contribution is 5.85. The maximum absolute atomic E-state index is 12.1. The molecule has 1 aliphatic heterocycles. The average molecular weight is 402 g/mol. The SMILES string of the molecule is CCNC(=O)[C@H]1O[C@@H](n2cnc3c(NC)nc(-c4c[nH]nc4C)nc32)[C@H](O)[C@@H]1O. The lowest BCUT2D eigenvalue weighted by atomic mass is 10.1. The van der Waals surface area contributed by atoms with Crippen molar-refractivity contribution < 1.29 is 19.7 Å². The van der Waals surface area contributed by atoms with Crippen LogP contribution in [0.4, 0.5) is 5.82 Å². The Morgan fingerprint density at radius 2 is 2.14 bits per heavy atom. The van der Waals surface area contributed by atoms with Crippen LogP contribution in [-0.4, -0.2) is 77.7 Å². The first-order valence-corrected chi connectivity index (χ1v) is 9.18. The number of carbonyl (C=O) groups excluding carboxylic acids is 1. The van der Waals surface area contributed by atoms with Crippen molar-refractivity contribution >= 4 is 22.9 Å². The largest absolute Gasteiger partial charge is 0.387 e. The van der Waals surface area contributed by atoms with Crippen LogP contribution in [0.15, 0.2) is 12.5 Å². The lowest BCUT2D eigenvalue weighted by molar-refractivity contribution is -0.137. The molecule has 29 heavy (non-hydrogen) atoms. The van der Waals surface area contributed by atoms with Crippen LogP contribution in [0.3, 0.4) is 0 Å². The van der Waals surface area contributed by atoms with E-state index < -0.39 is 30.4 Å². The molecule has 3 aromatic rings. The number of amides is 1. The molecule has 12 nitrogen and oxygen atoms in total. The second kappa shape index (κ2) is 7.39. The number of fused-ring (bicyclic) bond motifs is 1. The summed E-state index contributed by atoms with van der Waals surface area (Å²) in [6, 6.07) is 0. The Hall–Kier alpha value is -3.09. The number of nitrogens with one attached hydrogen (secondary N) is 3. The van der Waals surface area contributed by atoms with E-state index in [0.717, 1.165) is 5.69 Å². The fourth-order valence-electron chi connectivity index (χ4n) is 3.36. The number of aliphatic hydroxyl groups excluding tert-OH is 2. The van der Waals surface area contributed by atoms with Crippen molar-refractivity contribution in [2.24, 2.45) is 0 Å². The van der Waals surface area contributed by atoms with Gasteiger partial charge in [0.15, 0.2) is 35.1 Å². The molecule has 154 valence electrons. The van der Waals surface area contributed by atoms with Crippen molar-refractivity contribution in [3.63, 3.8) is 0 Å². The molecule has 4 atom stereocenters. The van der Waals surface area contributed by atoms with E-state index in [1.807, 2.05) is 6.92 Å². The van der Waals surface area contributed by atoms with Gasteiger partial charge in [-0.3, -0.25) is 14.5 Å². The number of nitrogens with zero attached hydrogens (tertiary/aromatic N) is 5. The predicted octanol–water partition coefficient (Wildman–Crippen LogP) is -0.678. The average Bonchev–Trinajstić information content (AvgIpc) is 3.40. The molecule has 1 amide bonds. The molecule has 0 unspecified atom stereocenters. The second-order valence-corrected chi connectivity index (χ2v) is 6.68. The molecule has 0 spiro atoms. The van der Waals surface area contributed by atoms with Crippen molar-refractivity contribution in [1.29, 1.82) is 0 Å². The summed E-state index contributed by atoms with van der Waals surface area (Å²) in [6.45, 7) is 3.96. The molecule has 1 fully saturated rings. The van der Waals surface area contributed by atoms with E-state index in [1.54, 1.807) is 20.2 Å². The highest BCUT2D eigenvalue weighted by atomic mass is 16.6. The molecule has 0 aliphatic carbocycles. The number of rotatable bonds is 5. The zero-order valence-corrected chi connectivity index (χ0v) is 16.1. The number of likely N-dealkylation sites (N-methyl/N-ethyl adjacent to an activating group) is 1. The molecule has 3 aromatic heterocycles. The molecule has 4 rings (SSSR count). The van der Waals surface area contributed by atoms with Crippen molar-refractivity contribution in [2.75, 3.05) is 18.9 Å². The number of aromatic nitrogens is 6. The Morgan fingerprint density at radius 3 is 2.79 bits per heavy atom. The lowest BCUT2D eigenvalue weighted by Gasteiger charge is -2.17. The predicted molar refractivity (Wildman–Crippen MR) is 102 cm³/mol. The minimum atomic E-state index is -1.38. The first kappa shape index (κ1) is 19.2. The minimum absolute atomic E-state index is 0.381. The maximum Gasteiger partial charge on any atom is 0.252 e. The number of ether oxygens (including phenoxy) is 1. The summed E-state index contributed by atoms with van der Waals surface area (Å²) in [5.74, 6) is 0.395. The van der Waals surface area contributed by atoms with Gasteiger partial charge in [0.05, 0.1) is 17.6 Å². The molecule has 12 heteroatoms. The molecule has 0 radical (unpaired) electrons. The van der Waals surface area contributed by atoms with Crippen LogP contribution >= 0.6 is 0 Å². The number of H-pyrrole nitrogens is 1. The van der Waals surface area contributed by atoms with E-state index in [4.69, 9.17) is 4.74 Å². The van der Waals surface area contributed by atoms with Gasteiger partial charge in [-0.1, -0.05) is 0 Å². The number of anilines is 1. The quantitative estimate of drug-likeness (QED) is 0.372. The van der Waals surface area contributed by atoms with Crippen LogP contribution in [-0.2, 0) is 9.53 Å². The normalized spacial score (nSPS) is 24.2. The summed E-state index contributed by atoms with van der Waals surface area (Å²) in [5.41, 5.74) is 2.28. The summed E-state index contributed by atoms with van der Waals surface area (Å²) < 4.78 is 7.18. The third-order valence-electron chi connectivity index (χ3n) is 4.85. The maximum atomic E-state index is 12.1. The van der Waals surface area contributed by atoms with E-state index in [1.165, 1.54) is 10.9 Å². The second-order valence-electron chi connectivity index (χ2n) is 6.68. The summed E-state index contributed by atoms with van der Waals surface area (Å²) in [5, 5.41) is 33.3. The standard InChI is InChI=1S/C17H22N8O4/c1-4-19-16(28)12-10(26)11(27)17(29-12)25-6-20-9-14(18-3)22-13(23-15(9)25)8-5-21-24-7(8)2/h5-6,10-12,17,26-27H,4H2,1-3H3,(H,19,28)(H,21,24)(H,18,22,23)/t10-,11+,12-,17+/m0/s1. The van der Waals surface area contributed by atoms with Gasteiger partial charge in [-0.2, -0.15) is 5.10 Å². The van der Waals surface area contributed by atoms with Crippen LogP contribution in [0.5, 0.6) is 0 Å². The number of carbonyl (C=O) groups is 1. The Morgan fingerprint density at radius 1 is 1.34 bits per heavy atom. The zero-order chi connectivity index (χ0) is 20.7. The fourth-order valence-corrected chi connectivity index (χ4v) is 3.36. The molecular formula is C17H22N8O4. The van der Waals surface area contributed by atoms with Crippen LogP contribution in [0.2, 0.25) is 0 Å². The van der Waals surface area contributed by atoms with Crippen LogP contribution in [0.1, 0.15) is 18.8 Å². The van der Waals surface area contributed by atoms with Gasteiger partial charge in [0.1, 0.15) is 12.2 Å². The lowest BCUT2D eigenvalue weighted by Crippen LogP contribution is -2.42. The van der Waals surface area contributed by atoms with Crippen LogP contribution in [0, 0.1) is 6.92 Å². The van der Waals surface area contributed by atoms with E-state index >= 15 is 0 Å². The summed E-state index contributed by atoms with van der Waals surface area (Å²) in [4.78, 5) is 25.5. The number of aliphatic hydroxyl groups is 2. The number of hydrogen-bond donors (Lipinski definition) is 5. The number of aryl methyl sites for hydroxylation is 1. The van der Waals surface area contributed by atoms with Gasteiger partial charge >= 0.3 is 0 Å². The Labute approximate surface area is 165 Å². The Balaban J connectivity index is 1.78. The molecule has 4 heterocycles. The number of hydrogen-bond acceptors (Lipinski definition) is 9. The first-order valence-electron chi connectivity index (χ1n) is 9.18. The van der Waals surface area contributed by atoms with Gasteiger partial charge in [-0.25, -0.2) is 15.0 Å². The fraction of sp³-hybridized carbons (Fsp3) is 0.471. The van der Waals surface area contributed by atoms with Crippen LogP contribution < -0.4 is 10.6 Å². The number of imidazole rings is 1. The molecular weight excluding hydrogens is 380 g/mol. The molecule has 0 aromatic carbocycles. The zero-order valence-electron chi connectivity index (χ0n) is 16.1. The smallest absolute Gasteiger partial charge is 0.252 e. The van der Waals surface area contributed by atoms with Crippen molar-refractivity contribution in [2.45, 2.75) is 38.4 Å². The van der Waals surface area contributed by atoms with Crippen molar-refractivity contribution in [3.8, 4) is 11.4 Å². The third kappa shape index (κ3) is 3.10. The van der Waals surface area contributed by atoms with Gasteiger partial charge in [0.2, 0.25) is 0 Å². The van der Waals surface area contributed by atoms with Crippen molar-refractivity contribution in [3.05, 3.63) is 18.2 Å². The topological polar surface area (TPSA) is 163 Å². The molecule has 5 N–H and O–H groups in total. The Kier molecular flexibility index (Phi) is 4.90. The van der Waals surface area contributed by atoms with Gasteiger partial charge in [-0.05, 0) is 13.8 Å². The highest BCUT2D eigenvalue weighted by Gasteiger charge is 2.47. The number of aromatic amines is 1. The minimum Gasteiger partial charge on any atom is -0.387 e. The first-order chi connectivity index (χ1) is 14.0. The molecule has 1 aliphatic rings. The summed E-state index contributed by atoms with van der Waals surface area (Å²) >= 11 is 0. The van der Waals surface area contributed by atoms with E-state index in [0.29, 0.717) is 34.9 Å². The molecule has 0 bridgehead atoms. The van der Waals surface area contributed by atoms with E-state index in [-0.39, 0.29) is 0 Å².